The molecule has 0 spiro atoms. The molecule has 8 heteroatoms. The van der Waals surface area contributed by atoms with Crippen molar-refractivity contribution in [3.8, 4) is 23.0 Å². The van der Waals surface area contributed by atoms with Gasteiger partial charge in [0.25, 0.3) is 0 Å². The Hall–Kier alpha value is -3.26. The average molecular weight is 382 g/mol. The van der Waals surface area contributed by atoms with E-state index in [2.05, 4.69) is 32.1 Å². The summed E-state index contributed by atoms with van der Waals surface area (Å²) in [5, 5.41) is 15.4. The molecule has 28 heavy (non-hydrogen) atoms. The molecule has 0 aliphatic heterocycles. The minimum Gasteiger partial charge on any atom is -0.497 e. The van der Waals surface area contributed by atoms with Crippen molar-refractivity contribution < 1.29 is 9.13 Å². The quantitative estimate of drug-likeness (QED) is 0.537. The van der Waals surface area contributed by atoms with Gasteiger partial charge in [-0.05, 0) is 58.7 Å². The summed E-state index contributed by atoms with van der Waals surface area (Å²) in [5.41, 5.74) is 4.39. The Morgan fingerprint density at radius 2 is 1.89 bits per heavy atom. The number of H-pyrrole nitrogens is 1. The lowest BCUT2D eigenvalue weighted by Gasteiger charge is -2.11. The number of benzene rings is 2. The normalized spacial score (nSPS) is 10.9. The molecule has 0 amide bonds. The number of tetrazole rings is 1. The van der Waals surface area contributed by atoms with Crippen molar-refractivity contribution in [2.45, 2.75) is 26.7 Å². The maximum atomic E-state index is 14.6. The van der Waals surface area contributed by atoms with Gasteiger partial charge in [0.15, 0.2) is 5.82 Å². The lowest BCUT2D eigenvalue weighted by Crippen LogP contribution is -2.00. The van der Waals surface area contributed by atoms with Crippen LogP contribution in [0, 0.1) is 5.82 Å². The fourth-order valence-corrected chi connectivity index (χ4v) is 3.72. The lowest BCUT2D eigenvalue weighted by molar-refractivity contribution is 0.414. The number of nitrogens with one attached hydrogen (secondary N) is 1. The largest absolute Gasteiger partial charge is 0.497 e. The first-order valence-corrected chi connectivity index (χ1v) is 8.92. The van der Waals surface area contributed by atoms with Crippen molar-refractivity contribution in [3.63, 3.8) is 0 Å². The summed E-state index contributed by atoms with van der Waals surface area (Å²) >= 11 is 0. The number of aromatic amines is 1. The standard InChI is InChI=1S/C20H20FN5O.H3N/c1-4-14-16(21)9-10-17-18(14)15(5-2)19(20-22-24-25-23-20)26(17)12-7-6-8-13(11-12)27-3;/h6-11H,4-5H2,1-3H3,(H,22,23,24,25);1H3. The van der Waals surface area contributed by atoms with Crippen LogP contribution in [-0.4, -0.2) is 32.3 Å². The summed E-state index contributed by atoms with van der Waals surface area (Å²) < 4.78 is 22.0. The minimum atomic E-state index is -0.190. The van der Waals surface area contributed by atoms with Crippen LogP contribution in [0.4, 0.5) is 4.39 Å². The minimum absolute atomic E-state index is 0. The second kappa shape index (κ2) is 7.77. The van der Waals surface area contributed by atoms with Gasteiger partial charge in [-0.15, -0.1) is 5.10 Å². The molecule has 4 aromatic rings. The SMILES string of the molecule is CCc1c(F)ccc2c1c(CC)c(-c1nnn[nH]1)n2-c1cccc(OC)c1.N. The van der Waals surface area contributed by atoms with Gasteiger partial charge in [0.2, 0.25) is 0 Å². The van der Waals surface area contributed by atoms with Crippen LogP contribution in [0.2, 0.25) is 0 Å². The van der Waals surface area contributed by atoms with E-state index in [1.165, 1.54) is 6.07 Å². The van der Waals surface area contributed by atoms with Crippen LogP contribution in [0.1, 0.15) is 25.0 Å². The van der Waals surface area contributed by atoms with Crippen molar-refractivity contribution >= 4 is 10.9 Å². The Morgan fingerprint density at radius 3 is 2.54 bits per heavy atom. The third kappa shape index (κ3) is 2.91. The molecule has 0 aliphatic rings. The van der Waals surface area contributed by atoms with Crippen LogP contribution in [0.25, 0.3) is 28.1 Å². The van der Waals surface area contributed by atoms with E-state index < -0.39 is 0 Å². The second-order valence-electron chi connectivity index (χ2n) is 6.24. The number of aromatic nitrogens is 5. The Balaban J connectivity index is 0.00000225. The molecule has 0 aliphatic carbocycles. The van der Waals surface area contributed by atoms with Gasteiger partial charge in [-0.3, -0.25) is 0 Å². The van der Waals surface area contributed by atoms with E-state index in [1.54, 1.807) is 7.11 Å². The summed E-state index contributed by atoms with van der Waals surface area (Å²) in [5.74, 6) is 1.10. The summed E-state index contributed by atoms with van der Waals surface area (Å²) in [6.45, 7) is 4.03. The second-order valence-corrected chi connectivity index (χ2v) is 6.24. The molecule has 7 nitrogen and oxygen atoms in total. The summed E-state index contributed by atoms with van der Waals surface area (Å²) in [4.78, 5) is 0. The number of ether oxygens (including phenoxy) is 1. The van der Waals surface area contributed by atoms with E-state index in [9.17, 15) is 4.39 Å². The highest BCUT2D eigenvalue weighted by Gasteiger charge is 2.24. The van der Waals surface area contributed by atoms with Gasteiger partial charge in [-0.1, -0.05) is 19.9 Å². The average Bonchev–Trinajstić information content (AvgIpc) is 3.33. The maximum Gasteiger partial charge on any atom is 0.196 e. The number of rotatable bonds is 5. The van der Waals surface area contributed by atoms with Crippen LogP contribution in [0.15, 0.2) is 36.4 Å². The van der Waals surface area contributed by atoms with Crippen LogP contribution >= 0.6 is 0 Å². The Kier molecular flexibility index (Phi) is 5.41. The molecule has 0 bridgehead atoms. The number of methoxy groups -OCH3 is 1. The van der Waals surface area contributed by atoms with Gasteiger partial charge in [-0.2, -0.15) is 0 Å². The Morgan fingerprint density at radius 1 is 1.11 bits per heavy atom. The predicted octanol–water partition coefficient (Wildman–Crippen LogP) is 4.25. The molecule has 2 aromatic carbocycles. The van der Waals surface area contributed by atoms with Gasteiger partial charge < -0.3 is 15.5 Å². The van der Waals surface area contributed by atoms with Crippen molar-refractivity contribution in [1.82, 2.24) is 31.3 Å². The van der Waals surface area contributed by atoms with Gasteiger partial charge in [0, 0.05) is 17.1 Å². The first-order valence-electron chi connectivity index (χ1n) is 8.92. The zero-order valence-corrected chi connectivity index (χ0v) is 16.2. The lowest BCUT2D eigenvalue weighted by atomic mass is 10.0. The zero-order chi connectivity index (χ0) is 19.0. The number of nitrogens with zero attached hydrogens (tertiary/aromatic N) is 4. The highest BCUT2D eigenvalue weighted by Crippen LogP contribution is 2.38. The smallest absolute Gasteiger partial charge is 0.196 e. The van der Waals surface area contributed by atoms with Gasteiger partial charge >= 0.3 is 0 Å². The fourth-order valence-electron chi connectivity index (χ4n) is 3.72. The van der Waals surface area contributed by atoms with Gasteiger partial charge in [-0.25, -0.2) is 9.49 Å². The number of fused-ring (bicyclic) bond motifs is 1. The molecule has 2 aromatic heterocycles. The molecule has 0 fully saturated rings. The van der Waals surface area contributed by atoms with Crippen molar-refractivity contribution in [1.29, 1.82) is 0 Å². The topological polar surface area (TPSA) is 104 Å². The molecule has 0 atom stereocenters. The monoisotopic (exact) mass is 382 g/mol. The molecular formula is C20H23FN6O. The molecular weight excluding hydrogens is 359 g/mol. The number of aryl methyl sites for hydroxylation is 2. The highest BCUT2D eigenvalue weighted by molar-refractivity contribution is 5.95. The van der Waals surface area contributed by atoms with Crippen molar-refractivity contribution in [3.05, 3.63) is 53.3 Å². The van der Waals surface area contributed by atoms with Crippen LogP contribution in [0.5, 0.6) is 5.75 Å². The fraction of sp³-hybridized carbons (Fsp3) is 0.250. The maximum absolute atomic E-state index is 14.6. The summed E-state index contributed by atoms with van der Waals surface area (Å²) in [6, 6.07) is 11.1. The number of hydrogen-bond donors (Lipinski definition) is 2. The number of halogens is 1. The van der Waals surface area contributed by atoms with Crippen LogP contribution < -0.4 is 10.9 Å². The van der Waals surface area contributed by atoms with E-state index in [0.717, 1.165) is 40.0 Å². The predicted molar refractivity (Wildman–Crippen MR) is 107 cm³/mol. The first-order chi connectivity index (χ1) is 13.2. The zero-order valence-electron chi connectivity index (χ0n) is 16.2. The molecule has 0 unspecified atom stereocenters. The third-order valence-electron chi connectivity index (χ3n) is 4.87. The molecule has 2 heterocycles. The number of hydrogen-bond acceptors (Lipinski definition) is 5. The molecule has 146 valence electrons. The van der Waals surface area contributed by atoms with Crippen LogP contribution in [0.3, 0.4) is 0 Å². The van der Waals surface area contributed by atoms with Crippen LogP contribution in [-0.2, 0) is 12.8 Å². The third-order valence-corrected chi connectivity index (χ3v) is 4.87. The first kappa shape index (κ1) is 19.5. The van der Waals surface area contributed by atoms with E-state index in [0.29, 0.717) is 17.8 Å². The molecule has 0 saturated heterocycles. The van der Waals surface area contributed by atoms with Gasteiger partial charge in [0.05, 0.1) is 18.3 Å². The van der Waals surface area contributed by atoms with E-state index in [-0.39, 0.29) is 12.0 Å². The van der Waals surface area contributed by atoms with E-state index >= 15 is 0 Å². The highest BCUT2D eigenvalue weighted by atomic mass is 19.1. The Bertz CT molecular complexity index is 1100. The molecule has 4 rings (SSSR count). The van der Waals surface area contributed by atoms with Crippen molar-refractivity contribution in [2.75, 3.05) is 7.11 Å². The van der Waals surface area contributed by atoms with E-state index in [1.807, 2.05) is 37.3 Å². The summed E-state index contributed by atoms with van der Waals surface area (Å²) in [7, 11) is 1.64. The molecule has 0 saturated carbocycles. The van der Waals surface area contributed by atoms with Crippen molar-refractivity contribution in [2.24, 2.45) is 0 Å². The molecule has 0 radical (unpaired) electrons. The summed E-state index contributed by atoms with van der Waals surface area (Å²) in [6.07, 6.45) is 1.33. The van der Waals surface area contributed by atoms with Gasteiger partial charge in [0.1, 0.15) is 11.6 Å². The van der Waals surface area contributed by atoms with E-state index in [4.69, 9.17) is 4.74 Å². The molecule has 4 N–H and O–H groups in total. The Labute approximate surface area is 162 Å².